The molecule has 37 heavy (non-hydrogen) atoms. The van der Waals surface area contributed by atoms with Crippen molar-refractivity contribution in [2.75, 3.05) is 0 Å². The average molecular weight is 516 g/mol. The maximum Gasteiger partial charge on any atom is 0.408 e. The zero-order valence-electron chi connectivity index (χ0n) is 24.2. The number of nitrogens with zero attached hydrogens (tertiary/aromatic N) is 1. The van der Waals surface area contributed by atoms with Crippen LogP contribution in [-0.2, 0) is 20.7 Å². The second-order valence-corrected chi connectivity index (χ2v) is 11.5. The molecule has 208 valence electrons. The van der Waals surface area contributed by atoms with Gasteiger partial charge in [0.1, 0.15) is 17.7 Å². The molecule has 0 radical (unpaired) electrons. The first-order chi connectivity index (χ1) is 17.4. The van der Waals surface area contributed by atoms with E-state index >= 15 is 0 Å². The average Bonchev–Trinajstić information content (AvgIpc) is 2.79. The SMILES string of the molecule is CCCC(C)NC(=O)C(c1ccc(CC)cc1)N(C(=O)C(NC(=O)OC(C)(C)C)C(C)CC)C1CCC1. The standard InChI is InChI=1S/C30H49N3O4/c1-9-13-21(5)31-27(34)26(23-18-16-22(11-3)17-19-23)33(24-14-12-15-24)28(35)25(20(4)10-2)32-29(36)37-30(6,7)8/h16-21,24-26H,9-15H2,1-8H3,(H,31,34)(H,32,36). The summed E-state index contributed by atoms with van der Waals surface area (Å²) in [6.45, 7) is 15.5. The van der Waals surface area contributed by atoms with Crippen LogP contribution in [0.15, 0.2) is 24.3 Å². The molecule has 2 N–H and O–H groups in total. The Morgan fingerprint density at radius 2 is 1.65 bits per heavy atom. The predicted octanol–water partition coefficient (Wildman–Crippen LogP) is 5.92. The predicted molar refractivity (Wildman–Crippen MR) is 148 cm³/mol. The highest BCUT2D eigenvalue weighted by molar-refractivity contribution is 5.92. The highest BCUT2D eigenvalue weighted by Gasteiger charge is 2.43. The normalized spacial score (nSPS) is 17.1. The topological polar surface area (TPSA) is 87.7 Å². The van der Waals surface area contributed by atoms with Gasteiger partial charge in [0.25, 0.3) is 0 Å². The fourth-order valence-corrected chi connectivity index (χ4v) is 4.66. The molecule has 1 fully saturated rings. The van der Waals surface area contributed by atoms with Gasteiger partial charge in [0, 0.05) is 12.1 Å². The number of hydrogen-bond acceptors (Lipinski definition) is 4. The van der Waals surface area contributed by atoms with Gasteiger partial charge < -0.3 is 20.3 Å². The van der Waals surface area contributed by atoms with Crippen LogP contribution in [-0.4, -0.2) is 46.5 Å². The molecule has 2 rings (SSSR count). The van der Waals surface area contributed by atoms with Crippen molar-refractivity contribution in [1.29, 1.82) is 0 Å². The summed E-state index contributed by atoms with van der Waals surface area (Å²) < 4.78 is 5.49. The lowest BCUT2D eigenvalue weighted by atomic mass is 9.86. The minimum atomic E-state index is -0.793. The van der Waals surface area contributed by atoms with E-state index in [-0.39, 0.29) is 29.8 Å². The van der Waals surface area contributed by atoms with Gasteiger partial charge in [-0.05, 0) is 76.8 Å². The summed E-state index contributed by atoms with van der Waals surface area (Å²) in [7, 11) is 0. The van der Waals surface area contributed by atoms with Crippen molar-refractivity contribution in [1.82, 2.24) is 15.5 Å². The van der Waals surface area contributed by atoms with E-state index in [1.54, 1.807) is 25.7 Å². The van der Waals surface area contributed by atoms with Crippen LogP contribution < -0.4 is 10.6 Å². The van der Waals surface area contributed by atoms with Gasteiger partial charge in [-0.25, -0.2) is 4.79 Å². The number of ether oxygens (including phenoxy) is 1. The van der Waals surface area contributed by atoms with Crippen molar-refractivity contribution in [2.24, 2.45) is 5.92 Å². The maximum absolute atomic E-state index is 14.3. The number of rotatable bonds is 12. The third kappa shape index (κ3) is 8.75. The van der Waals surface area contributed by atoms with E-state index in [4.69, 9.17) is 4.74 Å². The van der Waals surface area contributed by atoms with E-state index in [1.807, 2.05) is 45.0 Å². The lowest BCUT2D eigenvalue weighted by Gasteiger charge is -2.44. The zero-order valence-corrected chi connectivity index (χ0v) is 24.2. The molecular formula is C30H49N3O4. The van der Waals surface area contributed by atoms with Crippen LogP contribution in [0.5, 0.6) is 0 Å². The summed E-state index contributed by atoms with van der Waals surface area (Å²) in [5, 5.41) is 6.00. The molecule has 1 saturated carbocycles. The number of alkyl carbamates (subject to hydrolysis) is 1. The second-order valence-electron chi connectivity index (χ2n) is 11.5. The largest absolute Gasteiger partial charge is 0.444 e. The minimum absolute atomic E-state index is 0.00138. The smallest absolute Gasteiger partial charge is 0.408 e. The Balaban J connectivity index is 2.50. The second kappa shape index (κ2) is 13.8. The van der Waals surface area contributed by atoms with E-state index in [0.717, 1.165) is 44.1 Å². The Morgan fingerprint density at radius 3 is 2.11 bits per heavy atom. The van der Waals surface area contributed by atoms with Crippen LogP contribution in [0.25, 0.3) is 0 Å². The van der Waals surface area contributed by atoms with Crippen molar-refractivity contribution < 1.29 is 19.1 Å². The molecule has 1 aromatic rings. The van der Waals surface area contributed by atoms with Gasteiger partial charge in [-0.1, -0.05) is 64.8 Å². The number of amides is 3. The molecule has 7 nitrogen and oxygen atoms in total. The van der Waals surface area contributed by atoms with Crippen molar-refractivity contribution in [3.05, 3.63) is 35.4 Å². The molecule has 0 spiro atoms. The molecule has 1 aromatic carbocycles. The van der Waals surface area contributed by atoms with E-state index < -0.39 is 23.8 Å². The number of carbonyl (C=O) groups is 3. The van der Waals surface area contributed by atoms with Crippen LogP contribution in [0.3, 0.4) is 0 Å². The number of aryl methyl sites for hydroxylation is 1. The fourth-order valence-electron chi connectivity index (χ4n) is 4.66. The molecule has 7 heteroatoms. The van der Waals surface area contributed by atoms with Crippen LogP contribution in [0, 0.1) is 5.92 Å². The van der Waals surface area contributed by atoms with E-state index in [0.29, 0.717) is 6.42 Å². The molecule has 1 aliphatic rings. The Kier molecular flexibility index (Phi) is 11.5. The van der Waals surface area contributed by atoms with E-state index in [9.17, 15) is 14.4 Å². The summed E-state index contributed by atoms with van der Waals surface area (Å²) in [6, 6.07) is 6.37. The number of carbonyl (C=O) groups excluding carboxylic acids is 3. The first-order valence-corrected chi connectivity index (χ1v) is 14.1. The first kappa shape index (κ1) is 30.7. The van der Waals surface area contributed by atoms with Crippen molar-refractivity contribution in [2.45, 2.75) is 130 Å². The minimum Gasteiger partial charge on any atom is -0.444 e. The van der Waals surface area contributed by atoms with Gasteiger partial charge >= 0.3 is 6.09 Å². The Bertz CT molecular complexity index is 889. The molecule has 0 saturated heterocycles. The van der Waals surface area contributed by atoms with Gasteiger partial charge in [-0.2, -0.15) is 0 Å². The van der Waals surface area contributed by atoms with Crippen LogP contribution in [0.1, 0.15) is 111 Å². The van der Waals surface area contributed by atoms with Gasteiger partial charge in [-0.3, -0.25) is 9.59 Å². The van der Waals surface area contributed by atoms with Crippen LogP contribution in [0.2, 0.25) is 0 Å². The fraction of sp³-hybridized carbons (Fsp3) is 0.700. The van der Waals surface area contributed by atoms with E-state index in [1.165, 1.54) is 5.56 Å². The summed E-state index contributed by atoms with van der Waals surface area (Å²) >= 11 is 0. The third-order valence-electron chi connectivity index (χ3n) is 7.21. The summed E-state index contributed by atoms with van der Waals surface area (Å²) in [4.78, 5) is 42.6. The molecule has 0 heterocycles. The van der Waals surface area contributed by atoms with Gasteiger partial charge in [-0.15, -0.1) is 0 Å². The molecule has 3 amide bonds. The molecule has 4 atom stereocenters. The molecular weight excluding hydrogens is 466 g/mol. The molecule has 0 aromatic heterocycles. The van der Waals surface area contributed by atoms with Crippen molar-refractivity contribution in [3.63, 3.8) is 0 Å². The Morgan fingerprint density at radius 1 is 1.03 bits per heavy atom. The molecule has 0 bridgehead atoms. The number of nitrogens with one attached hydrogen (secondary N) is 2. The lowest BCUT2D eigenvalue weighted by Crippen LogP contribution is -2.59. The Hall–Kier alpha value is -2.57. The van der Waals surface area contributed by atoms with Crippen molar-refractivity contribution in [3.8, 4) is 0 Å². The molecule has 0 aliphatic heterocycles. The summed E-state index contributed by atoms with van der Waals surface area (Å²) in [6.07, 6.45) is 5.48. The maximum atomic E-state index is 14.3. The molecule has 4 unspecified atom stereocenters. The van der Waals surface area contributed by atoms with Gasteiger partial charge in [0.05, 0.1) is 0 Å². The molecule has 1 aliphatic carbocycles. The number of benzene rings is 1. The monoisotopic (exact) mass is 515 g/mol. The highest BCUT2D eigenvalue weighted by atomic mass is 16.6. The summed E-state index contributed by atoms with van der Waals surface area (Å²) in [5.41, 5.74) is 1.28. The number of hydrogen-bond donors (Lipinski definition) is 2. The van der Waals surface area contributed by atoms with E-state index in [2.05, 4.69) is 24.5 Å². The van der Waals surface area contributed by atoms with Gasteiger partial charge in [0.2, 0.25) is 11.8 Å². The Labute approximate surface area is 224 Å². The third-order valence-corrected chi connectivity index (χ3v) is 7.21. The lowest BCUT2D eigenvalue weighted by molar-refractivity contribution is -0.148. The highest BCUT2D eigenvalue weighted by Crippen LogP contribution is 2.35. The first-order valence-electron chi connectivity index (χ1n) is 14.1. The van der Waals surface area contributed by atoms with Crippen molar-refractivity contribution >= 4 is 17.9 Å². The summed E-state index contributed by atoms with van der Waals surface area (Å²) in [5.74, 6) is -0.536. The van der Waals surface area contributed by atoms with Crippen LogP contribution in [0.4, 0.5) is 4.79 Å². The quantitative estimate of drug-likeness (QED) is 0.362. The van der Waals surface area contributed by atoms with Gasteiger partial charge in [0.15, 0.2) is 0 Å². The zero-order chi connectivity index (χ0) is 27.8. The van der Waals surface area contributed by atoms with Crippen LogP contribution >= 0.6 is 0 Å².